The molecule has 0 N–H and O–H groups in total. The second-order valence-corrected chi connectivity index (χ2v) is 14.2. The zero-order chi connectivity index (χ0) is 24.4. The number of esters is 2. The molecule has 3 aliphatic rings. The van der Waals surface area contributed by atoms with Crippen molar-refractivity contribution in [1.29, 1.82) is 0 Å². The van der Waals surface area contributed by atoms with Gasteiger partial charge in [-0.25, -0.2) is 13.2 Å². The molecule has 3 saturated heterocycles. The van der Waals surface area contributed by atoms with Crippen molar-refractivity contribution in [3.63, 3.8) is 0 Å². The molecular formula is C21H14I3O8S2-. The third-order valence-electron chi connectivity index (χ3n) is 6.06. The summed E-state index contributed by atoms with van der Waals surface area (Å²) in [6.07, 6.45) is -0.854. The van der Waals surface area contributed by atoms with Crippen LogP contribution in [0.2, 0.25) is 0 Å². The third-order valence-corrected chi connectivity index (χ3v) is 12.4. The lowest BCUT2D eigenvalue weighted by molar-refractivity contribution is -0.141. The molecule has 0 saturated carbocycles. The summed E-state index contributed by atoms with van der Waals surface area (Å²) in [6.45, 7) is 0.374. The van der Waals surface area contributed by atoms with E-state index in [1.165, 1.54) is 12.1 Å². The second kappa shape index (κ2) is 9.59. The molecule has 3 heterocycles. The zero-order valence-electron chi connectivity index (χ0n) is 16.9. The fraction of sp³-hybridized carbons (Fsp3) is 0.333. The average Bonchev–Trinajstić information content (AvgIpc) is 3.39. The van der Waals surface area contributed by atoms with Crippen LogP contribution in [-0.4, -0.2) is 54.2 Å². The van der Waals surface area contributed by atoms with E-state index in [1.807, 2.05) is 6.07 Å². The van der Waals surface area contributed by atoms with Crippen molar-refractivity contribution < 1.29 is 36.8 Å². The molecule has 0 radical (unpaired) electrons. The van der Waals surface area contributed by atoms with Gasteiger partial charge in [-0.15, -0.1) is 11.8 Å². The van der Waals surface area contributed by atoms with E-state index in [4.69, 9.17) is 14.2 Å². The van der Waals surface area contributed by atoms with Crippen LogP contribution in [0.25, 0.3) is 0 Å². The Morgan fingerprint density at radius 1 is 1.09 bits per heavy atom. The number of hydrogen-bond acceptors (Lipinski definition) is 9. The van der Waals surface area contributed by atoms with E-state index in [-0.39, 0.29) is 28.3 Å². The van der Waals surface area contributed by atoms with Crippen LogP contribution in [0, 0.1) is 22.5 Å². The lowest BCUT2D eigenvalue weighted by Crippen LogP contribution is -2.48. The van der Waals surface area contributed by atoms with E-state index >= 15 is 0 Å². The van der Waals surface area contributed by atoms with Gasteiger partial charge in [0.2, 0.25) is 0 Å². The quantitative estimate of drug-likeness (QED) is 0.146. The van der Waals surface area contributed by atoms with Crippen LogP contribution in [0.15, 0.2) is 41.3 Å². The van der Waals surface area contributed by atoms with Crippen molar-refractivity contribution in [3.8, 4) is 5.75 Å². The summed E-state index contributed by atoms with van der Waals surface area (Å²) in [4.78, 5) is 25.8. The lowest BCUT2D eigenvalue weighted by atomic mass is 9.79. The van der Waals surface area contributed by atoms with Gasteiger partial charge in [-0.2, -0.15) is 0 Å². The highest BCUT2D eigenvalue weighted by molar-refractivity contribution is 14.1. The summed E-state index contributed by atoms with van der Waals surface area (Å²) in [6, 6.07) is 8.50. The Kier molecular flexibility index (Phi) is 7.17. The third kappa shape index (κ3) is 4.62. The molecule has 6 atom stereocenters. The molecule has 5 rings (SSSR count). The smallest absolute Gasteiger partial charge is 0.339 e. The topological polar surface area (TPSA) is 119 Å². The van der Waals surface area contributed by atoms with Crippen LogP contribution in [0.4, 0.5) is 0 Å². The number of halogens is 3. The van der Waals surface area contributed by atoms with Gasteiger partial charge < -0.3 is 18.8 Å². The largest absolute Gasteiger partial charge is 0.744 e. The molecule has 0 aromatic heterocycles. The predicted molar refractivity (Wildman–Crippen MR) is 146 cm³/mol. The summed E-state index contributed by atoms with van der Waals surface area (Å²) in [5, 5.41) is -0.275. The minimum absolute atomic E-state index is 0.0310. The first-order chi connectivity index (χ1) is 16.0. The van der Waals surface area contributed by atoms with Gasteiger partial charge in [-0.3, -0.25) is 4.79 Å². The Morgan fingerprint density at radius 2 is 1.79 bits per heavy atom. The molecule has 3 aliphatic heterocycles. The Bertz CT molecular complexity index is 1280. The highest BCUT2D eigenvalue weighted by atomic mass is 127. The number of ether oxygens (including phenoxy) is 3. The van der Waals surface area contributed by atoms with E-state index in [1.54, 1.807) is 17.8 Å². The van der Waals surface area contributed by atoms with E-state index in [9.17, 15) is 22.6 Å². The second-order valence-electron chi connectivity index (χ2n) is 8.02. The molecule has 2 aromatic carbocycles. The number of carbonyl (C=O) groups excluding carboxylic acids is 2. The number of rotatable bonds is 5. The first-order valence-electron chi connectivity index (χ1n) is 9.95. The highest BCUT2D eigenvalue weighted by Crippen LogP contribution is 2.58. The monoisotopic (exact) mass is 839 g/mol. The molecule has 8 nitrogen and oxygen atoms in total. The Morgan fingerprint density at radius 3 is 2.47 bits per heavy atom. The SMILES string of the molecule is O=C(OC1C2OCC3C2SC1C3C(=O)Oc1ccc(S(=O)(=O)[O-])cc1)c1cc(I)cc(I)c1I. The van der Waals surface area contributed by atoms with Gasteiger partial charge in [-0.1, -0.05) is 0 Å². The molecule has 34 heavy (non-hydrogen) atoms. The van der Waals surface area contributed by atoms with Crippen molar-refractivity contribution in [2.45, 2.75) is 27.6 Å². The molecule has 180 valence electrons. The van der Waals surface area contributed by atoms with Crippen LogP contribution >= 0.6 is 79.5 Å². The maximum atomic E-state index is 13.1. The van der Waals surface area contributed by atoms with Crippen LogP contribution < -0.4 is 4.74 Å². The number of carbonyl (C=O) groups is 2. The van der Waals surface area contributed by atoms with Crippen LogP contribution in [0.1, 0.15) is 10.4 Å². The van der Waals surface area contributed by atoms with Gasteiger partial charge in [0.25, 0.3) is 0 Å². The minimum Gasteiger partial charge on any atom is -0.744 e. The van der Waals surface area contributed by atoms with Crippen LogP contribution in [0.5, 0.6) is 5.75 Å². The van der Waals surface area contributed by atoms with E-state index in [2.05, 4.69) is 67.8 Å². The molecule has 0 spiro atoms. The summed E-state index contributed by atoms with van der Waals surface area (Å²) in [5.74, 6) is -1.40. The number of fused-ring (bicyclic) bond motifs is 1. The van der Waals surface area contributed by atoms with Gasteiger partial charge in [-0.05, 0) is 104 Å². The predicted octanol–water partition coefficient (Wildman–Crippen LogP) is 3.66. The zero-order valence-corrected chi connectivity index (χ0v) is 25.0. The summed E-state index contributed by atoms with van der Waals surface area (Å²) in [7, 11) is -4.59. The van der Waals surface area contributed by atoms with Gasteiger partial charge in [0.05, 0.1) is 28.2 Å². The first kappa shape index (κ1) is 25.4. The van der Waals surface area contributed by atoms with E-state index in [0.29, 0.717) is 12.2 Å². The van der Waals surface area contributed by atoms with Crippen molar-refractivity contribution in [3.05, 3.63) is 52.7 Å². The molecule has 6 unspecified atom stereocenters. The maximum absolute atomic E-state index is 13.1. The van der Waals surface area contributed by atoms with Crippen molar-refractivity contribution >= 4 is 102 Å². The number of thioether (sulfide) groups is 1. The molecule has 2 aromatic rings. The standard InChI is InChI=1S/C21H15I3O8S2/c22-8-5-11(15(24)13(23)6-8)20(25)32-17-16-18-12(7-30-16)14(19(17)33-18)21(26)31-9-1-3-10(4-2-9)34(27,28)29/h1-6,12,14,16-19H,7H2,(H,27,28,29)/p-1. The first-order valence-corrected chi connectivity index (χ1v) is 15.5. The Labute approximate surface area is 240 Å². The normalized spacial score (nSPS) is 29.3. The van der Waals surface area contributed by atoms with Crippen LogP contribution in [-0.2, 0) is 24.4 Å². The summed E-state index contributed by atoms with van der Waals surface area (Å²) in [5.41, 5.74) is 0.478. The fourth-order valence-corrected chi connectivity index (χ4v) is 9.49. The van der Waals surface area contributed by atoms with Gasteiger partial charge in [0.15, 0.2) is 0 Å². The molecule has 0 aliphatic carbocycles. The lowest BCUT2D eigenvalue weighted by Gasteiger charge is -2.30. The maximum Gasteiger partial charge on any atom is 0.339 e. The van der Waals surface area contributed by atoms with Crippen molar-refractivity contribution in [2.75, 3.05) is 6.61 Å². The van der Waals surface area contributed by atoms with E-state index < -0.39 is 39.0 Å². The Hall–Kier alpha value is -0.210. The molecule has 13 heteroatoms. The van der Waals surface area contributed by atoms with Gasteiger partial charge in [0.1, 0.15) is 28.1 Å². The summed E-state index contributed by atoms with van der Waals surface area (Å²) >= 11 is 8.05. The van der Waals surface area contributed by atoms with Gasteiger partial charge in [0, 0.05) is 21.9 Å². The van der Waals surface area contributed by atoms with Crippen molar-refractivity contribution in [1.82, 2.24) is 0 Å². The molecular weight excluding hydrogens is 825 g/mol. The molecule has 2 bridgehead atoms. The average molecular weight is 839 g/mol. The highest BCUT2D eigenvalue weighted by Gasteiger charge is 2.67. The van der Waals surface area contributed by atoms with Crippen LogP contribution in [0.3, 0.4) is 0 Å². The fourth-order valence-electron chi connectivity index (χ4n) is 4.60. The molecule has 0 amide bonds. The van der Waals surface area contributed by atoms with Crippen molar-refractivity contribution in [2.24, 2.45) is 11.8 Å². The number of benzene rings is 2. The van der Waals surface area contributed by atoms with Gasteiger partial charge >= 0.3 is 11.9 Å². The summed E-state index contributed by atoms with van der Waals surface area (Å²) < 4.78 is 53.4. The van der Waals surface area contributed by atoms with E-state index in [0.717, 1.165) is 22.8 Å². The Balaban J connectivity index is 1.34. The number of hydrogen-bond donors (Lipinski definition) is 0. The molecule has 3 fully saturated rings. The minimum atomic E-state index is -4.59.